The molecule has 1 aromatic heterocycles. The van der Waals surface area contributed by atoms with Gasteiger partial charge in [-0.15, -0.1) is 10.2 Å². The third-order valence-electron chi connectivity index (χ3n) is 6.96. The lowest BCUT2D eigenvalue weighted by atomic mass is 9.91. The third-order valence-corrected chi connectivity index (χ3v) is 9.02. The highest BCUT2D eigenvalue weighted by Crippen LogP contribution is 2.43. The summed E-state index contributed by atoms with van der Waals surface area (Å²) in [5.41, 5.74) is 6.01. The molecule has 0 saturated carbocycles. The van der Waals surface area contributed by atoms with Crippen LogP contribution in [0.2, 0.25) is 0 Å². The van der Waals surface area contributed by atoms with Gasteiger partial charge >= 0.3 is 0 Å². The number of aryl methyl sites for hydroxylation is 1. The quantitative estimate of drug-likeness (QED) is 0.229. The van der Waals surface area contributed by atoms with Crippen LogP contribution < -0.4 is 5.32 Å². The number of nitrogens with one attached hydrogen (secondary N) is 1. The van der Waals surface area contributed by atoms with Crippen LogP contribution >= 0.6 is 23.1 Å². The van der Waals surface area contributed by atoms with Crippen LogP contribution in [0.15, 0.2) is 77.1 Å². The predicted molar refractivity (Wildman–Crippen MR) is 158 cm³/mol. The first kappa shape index (κ1) is 28.4. The van der Waals surface area contributed by atoms with Crippen LogP contribution in [-0.4, -0.2) is 33.1 Å². The van der Waals surface area contributed by atoms with Crippen molar-refractivity contribution in [3.63, 3.8) is 0 Å². The smallest absolute Gasteiger partial charge is 0.217 e. The Morgan fingerprint density at radius 1 is 0.975 bits per heavy atom. The van der Waals surface area contributed by atoms with Gasteiger partial charge in [-0.1, -0.05) is 90.7 Å². The minimum Gasteiger partial charge on any atom is -0.392 e. The van der Waals surface area contributed by atoms with Crippen LogP contribution in [0, 0.1) is 12.8 Å². The fourth-order valence-corrected chi connectivity index (χ4v) is 6.76. The van der Waals surface area contributed by atoms with Gasteiger partial charge in [0, 0.05) is 30.7 Å². The van der Waals surface area contributed by atoms with E-state index in [2.05, 4.69) is 46.7 Å². The lowest BCUT2D eigenvalue weighted by Gasteiger charge is -2.41. The Kier molecular flexibility index (Phi) is 9.29. The van der Waals surface area contributed by atoms with Crippen molar-refractivity contribution in [1.82, 2.24) is 15.5 Å². The zero-order valence-corrected chi connectivity index (χ0v) is 24.4. The van der Waals surface area contributed by atoms with E-state index >= 15 is 0 Å². The van der Waals surface area contributed by atoms with Gasteiger partial charge in [0.2, 0.25) is 5.91 Å². The van der Waals surface area contributed by atoms with Crippen molar-refractivity contribution < 1.29 is 19.4 Å². The van der Waals surface area contributed by atoms with E-state index in [0.717, 1.165) is 48.5 Å². The van der Waals surface area contributed by atoms with Crippen LogP contribution in [0.1, 0.15) is 53.5 Å². The number of aliphatic hydroxyl groups is 1. The summed E-state index contributed by atoms with van der Waals surface area (Å²) in [6.45, 7) is 6.13. The number of benzene rings is 3. The van der Waals surface area contributed by atoms with Gasteiger partial charge in [-0.25, -0.2) is 0 Å². The Morgan fingerprint density at radius 3 is 2.42 bits per heavy atom. The molecule has 2 N–H and O–H groups in total. The van der Waals surface area contributed by atoms with Crippen molar-refractivity contribution in [3.8, 4) is 11.1 Å². The summed E-state index contributed by atoms with van der Waals surface area (Å²) in [7, 11) is 0. The molecule has 208 valence electrons. The predicted octanol–water partition coefficient (Wildman–Crippen LogP) is 6.23. The number of carbonyl (C=O) groups excluding carboxylic acids is 1. The van der Waals surface area contributed by atoms with E-state index in [0.29, 0.717) is 6.54 Å². The zero-order chi connectivity index (χ0) is 28.1. The van der Waals surface area contributed by atoms with Crippen LogP contribution in [-0.2, 0) is 27.4 Å². The maximum absolute atomic E-state index is 11.4. The van der Waals surface area contributed by atoms with Crippen molar-refractivity contribution in [3.05, 3.63) is 100 Å². The number of ether oxygens (including phenoxy) is 2. The van der Waals surface area contributed by atoms with Crippen molar-refractivity contribution in [2.75, 3.05) is 5.75 Å². The summed E-state index contributed by atoms with van der Waals surface area (Å²) in [5.74, 6) is 0.764. The summed E-state index contributed by atoms with van der Waals surface area (Å²) in [6.07, 6.45) is -0.819. The van der Waals surface area contributed by atoms with Crippen LogP contribution in [0.5, 0.6) is 0 Å². The molecule has 0 bridgehead atoms. The third kappa shape index (κ3) is 6.97. The summed E-state index contributed by atoms with van der Waals surface area (Å²) < 4.78 is 14.2. The van der Waals surface area contributed by atoms with E-state index in [1.54, 1.807) is 23.1 Å². The van der Waals surface area contributed by atoms with Crippen molar-refractivity contribution in [2.24, 2.45) is 5.92 Å². The van der Waals surface area contributed by atoms with E-state index in [-0.39, 0.29) is 30.6 Å². The van der Waals surface area contributed by atoms with Crippen LogP contribution in [0.4, 0.5) is 0 Å². The minimum atomic E-state index is -0.553. The topological polar surface area (TPSA) is 93.6 Å². The molecule has 1 amide bonds. The van der Waals surface area contributed by atoms with Crippen molar-refractivity contribution >= 4 is 29.0 Å². The zero-order valence-electron chi connectivity index (χ0n) is 22.7. The largest absolute Gasteiger partial charge is 0.392 e. The Labute approximate surface area is 243 Å². The molecule has 9 heteroatoms. The van der Waals surface area contributed by atoms with Crippen LogP contribution in [0.3, 0.4) is 0 Å². The standard InChI is InChI=1S/C31H33N3O4S2/c1-19-28(18-39-31-34-33-21(3)40-31)37-30(38-29(19)24-12-10-22(17-35)11-13-24)27-9-5-8-26(15-27)25-7-4-6-23(14-25)16-32-20(2)36/h4-15,19,28-30,35H,16-18H2,1-3H3,(H,32,36)/t19-,28+,29+,30+/m1/s1. The molecule has 0 unspecified atom stereocenters. The number of rotatable bonds is 9. The Morgan fingerprint density at radius 2 is 1.73 bits per heavy atom. The van der Waals surface area contributed by atoms with E-state index in [1.807, 2.05) is 55.5 Å². The molecular weight excluding hydrogens is 542 g/mol. The molecule has 7 nitrogen and oxygen atoms in total. The monoisotopic (exact) mass is 575 g/mol. The number of thioether (sulfide) groups is 1. The molecule has 1 aliphatic heterocycles. The fraction of sp³-hybridized carbons (Fsp3) is 0.323. The molecule has 0 radical (unpaired) electrons. The second-order valence-electron chi connectivity index (χ2n) is 9.96. The first-order chi connectivity index (χ1) is 19.4. The highest BCUT2D eigenvalue weighted by Gasteiger charge is 2.38. The molecule has 3 aromatic carbocycles. The maximum atomic E-state index is 11.4. The van der Waals surface area contributed by atoms with E-state index in [1.165, 1.54) is 6.92 Å². The van der Waals surface area contributed by atoms with E-state index < -0.39 is 6.29 Å². The van der Waals surface area contributed by atoms with Gasteiger partial charge in [0.15, 0.2) is 10.6 Å². The van der Waals surface area contributed by atoms with E-state index in [4.69, 9.17) is 9.47 Å². The first-order valence-corrected chi connectivity index (χ1v) is 15.1. The molecule has 1 saturated heterocycles. The molecule has 0 aliphatic carbocycles. The summed E-state index contributed by atoms with van der Waals surface area (Å²) in [6, 6.07) is 24.4. The summed E-state index contributed by atoms with van der Waals surface area (Å²) in [5, 5.41) is 21.7. The molecule has 2 heterocycles. The van der Waals surface area contributed by atoms with Crippen molar-refractivity contribution in [1.29, 1.82) is 0 Å². The molecule has 1 fully saturated rings. The second-order valence-corrected chi connectivity index (χ2v) is 12.4. The highest BCUT2D eigenvalue weighted by molar-refractivity contribution is 8.01. The summed E-state index contributed by atoms with van der Waals surface area (Å²) >= 11 is 3.25. The SMILES string of the molecule is CC(=O)NCc1cccc(-c2cccc([C@H]3O[C@@H](CSc4nnc(C)s4)[C@@H](C)[C@@H](c4ccc(CO)cc4)O3)c2)c1. The average Bonchev–Trinajstić information content (AvgIpc) is 3.40. The van der Waals surface area contributed by atoms with Gasteiger partial charge in [-0.05, 0) is 46.9 Å². The van der Waals surface area contributed by atoms with Gasteiger partial charge in [0.1, 0.15) is 5.01 Å². The van der Waals surface area contributed by atoms with Gasteiger partial charge in [0.05, 0.1) is 18.8 Å². The molecule has 1 aliphatic rings. The second kappa shape index (κ2) is 13.1. The van der Waals surface area contributed by atoms with Gasteiger partial charge in [-0.3, -0.25) is 4.79 Å². The number of carbonyl (C=O) groups is 1. The molecular formula is C31H33N3O4S2. The highest BCUT2D eigenvalue weighted by atomic mass is 32.2. The maximum Gasteiger partial charge on any atom is 0.217 e. The number of aliphatic hydroxyl groups excluding tert-OH is 1. The van der Waals surface area contributed by atoms with Gasteiger partial charge in [-0.2, -0.15) is 0 Å². The Bertz CT molecular complexity index is 1440. The molecule has 5 rings (SSSR count). The number of hydrogen-bond acceptors (Lipinski definition) is 8. The normalized spacial score (nSPS) is 20.8. The lowest BCUT2D eigenvalue weighted by molar-refractivity contribution is -0.268. The van der Waals surface area contributed by atoms with Crippen LogP contribution in [0.25, 0.3) is 11.1 Å². The Balaban J connectivity index is 1.41. The lowest BCUT2D eigenvalue weighted by Crippen LogP contribution is -2.38. The summed E-state index contributed by atoms with van der Waals surface area (Å²) in [4.78, 5) is 11.4. The Hall–Kier alpha value is -3.08. The first-order valence-electron chi connectivity index (χ1n) is 13.3. The molecule has 40 heavy (non-hydrogen) atoms. The molecule has 4 atom stereocenters. The number of hydrogen-bond donors (Lipinski definition) is 2. The molecule has 0 spiro atoms. The minimum absolute atomic E-state index is 0.00638. The number of nitrogens with zero attached hydrogens (tertiary/aromatic N) is 2. The van der Waals surface area contributed by atoms with E-state index in [9.17, 15) is 9.90 Å². The number of aromatic nitrogens is 2. The number of amides is 1. The van der Waals surface area contributed by atoms with Gasteiger partial charge < -0.3 is 19.9 Å². The fourth-order valence-electron chi connectivity index (χ4n) is 4.75. The van der Waals surface area contributed by atoms with Gasteiger partial charge in [0.25, 0.3) is 0 Å². The van der Waals surface area contributed by atoms with Crippen molar-refractivity contribution in [2.45, 2.75) is 56.8 Å². The molecule has 4 aromatic rings. The average molecular weight is 576 g/mol.